The SMILES string of the molecule is Cc1cccc(CC(C)(N)C(C)C)c1. The molecule has 1 heteroatoms. The molecule has 0 saturated heterocycles. The van der Waals surface area contributed by atoms with Gasteiger partial charge in [0, 0.05) is 5.54 Å². The highest BCUT2D eigenvalue weighted by atomic mass is 14.7. The van der Waals surface area contributed by atoms with E-state index < -0.39 is 0 Å². The van der Waals surface area contributed by atoms with Crippen LogP contribution in [0.15, 0.2) is 24.3 Å². The monoisotopic (exact) mass is 191 g/mol. The fourth-order valence-corrected chi connectivity index (χ4v) is 1.47. The lowest BCUT2D eigenvalue weighted by molar-refractivity contribution is 0.338. The summed E-state index contributed by atoms with van der Waals surface area (Å²) in [4.78, 5) is 0. The summed E-state index contributed by atoms with van der Waals surface area (Å²) in [5, 5.41) is 0. The Morgan fingerprint density at radius 1 is 1.36 bits per heavy atom. The van der Waals surface area contributed by atoms with Gasteiger partial charge in [-0.3, -0.25) is 0 Å². The molecule has 1 nitrogen and oxygen atoms in total. The van der Waals surface area contributed by atoms with Crippen LogP contribution >= 0.6 is 0 Å². The average molecular weight is 191 g/mol. The van der Waals surface area contributed by atoms with Gasteiger partial charge in [0.15, 0.2) is 0 Å². The van der Waals surface area contributed by atoms with E-state index in [-0.39, 0.29) is 5.54 Å². The van der Waals surface area contributed by atoms with Crippen LogP contribution in [0, 0.1) is 12.8 Å². The van der Waals surface area contributed by atoms with Crippen molar-refractivity contribution in [2.45, 2.75) is 39.7 Å². The van der Waals surface area contributed by atoms with Crippen LogP contribution in [0.2, 0.25) is 0 Å². The lowest BCUT2D eigenvalue weighted by atomic mass is 9.83. The molecule has 0 aliphatic carbocycles. The van der Waals surface area contributed by atoms with Crippen LogP contribution in [0.5, 0.6) is 0 Å². The van der Waals surface area contributed by atoms with E-state index in [0.717, 1.165) is 6.42 Å². The summed E-state index contributed by atoms with van der Waals surface area (Å²) < 4.78 is 0. The van der Waals surface area contributed by atoms with Crippen LogP contribution in [0.25, 0.3) is 0 Å². The van der Waals surface area contributed by atoms with Crippen molar-refractivity contribution in [3.8, 4) is 0 Å². The second-order valence-electron chi connectivity index (χ2n) is 4.83. The second kappa shape index (κ2) is 4.14. The molecule has 1 aromatic carbocycles. The highest BCUT2D eigenvalue weighted by molar-refractivity contribution is 5.24. The van der Waals surface area contributed by atoms with Gasteiger partial charge in [0.05, 0.1) is 0 Å². The van der Waals surface area contributed by atoms with Gasteiger partial charge in [0.1, 0.15) is 0 Å². The summed E-state index contributed by atoms with van der Waals surface area (Å²) in [5.41, 5.74) is 8.78. The molecule has 0 radical (unpaired) electrons. The van der Waals surface area contributed by atoms with E-state index in [1.54, 1.807) is 0 Å². The molecule has 78 valence electrons. The van der Waals surface area contributed by atoms with Gasteiger partial charge in [0.2, 0.25) is 0 Å². The Bertz CT molecular complexity index is 300. The molecule has 2 N–H and O–H groups in total. The fraction of sp³-hybridized carbons (Fsp3) is 0.538. The van der Waals surface area contributed by atoms with Crippen molar-refractivity contribution in [2.75, 3.05) is 0 Å². The molecule has 0 aliphatic rings. The largest absolute Gasteiger partial charge is 0.325 e. The Hall–Kier alpha value is -0.820. The van der Waals surface area contributed by atoms with Gasteiger partial charge in [-0.05, 0) is 31.7 Å². The number of aryl methyl sites for hydroxylation is 1. The molecule has 1 rings (SSSR count). The van der Waals surface area contributed by atoms with Crippen LogP contribution < -0.4 is 5.73 Å². The van der Waals surface area contributed by atoms with Gasteiger partial charge in [-0.15, -0.1) is 0 Å². The summed E-state index contributed by atoms with van der Waals surface area (Å²) >= 11 is 0. The van der Waals surface area contributed by atoms with E-state index in [2.05, 4.69) is 52.0 Å². The smallest absolute Gasteiger partial charge is 0.0189 e. The highest BCUT2D eigenvalue weighted by Crippen LogP contribution is 2.19. The normalized spacial score (nSPS) is 15.6. The molecule has 0 amide bonds. The third kappa shape index (κ3) is 2.85. The molecule has 1 atom stereocenters. The van der Waals surface area contributed by atoms with Crippen molar-refractivity contribution in [3.05, 3.63) is 35.4 Å². The van der Waals surface area contributed by atoms with Crippen LogP contribution in [-0.2, 0) is 6.42 Å². The third-order valence-electron chi connectivity index (χ3n) is 2.99. The van der Waals surface area contributed by atoms with Crippen LogP contribution in [0.3, 0.4) is 0 Å². The average Bonchev–Trinajstić information content (AvgIpc) is 2.02. The van der Waals surface area contributed by atoms with Crippen LogP contribution in [-0.4, -0.2) is 5.54 Å². The van der Waals surface area contributed by atoms with Crippen molar-refractivity contribution >= 4 is 0 Å². The number of hydrogen-bond donors (Lipinski definition) is 1. The lowest BCUT2D eigenvalue weighted by Crippen LogP contribution is -2.43. The molecule has 1 unspecified atom stereocenters. The zero-order valence-corrected chi connectivity index (χ0v) is 9.67. The van der Waals surface area contributed by atoms with E-state index in [1.807, 2.05) is 0 Å². The van der Waals surface area contributed by atoms with Crippen molar-refractivity contribution in [1.29, 1.82) is 0 Å². The van der Waals surface area contributed by atoms with Crippen molar-refractivity contribution < 1.29 is 0 Å². The van der Waals surface area contributed by atoms with Gasteiger partial charge in [0.25, 0.3) is 0 Å². The van der Waals surface area contributed by atoms with Gasteiger partial charge in [-0.25, -0.2) is 0 Å². The van der Waals surface area contributed by atoms with E-state index in [4.69, 9.17) is 5.73 Å². The minimum Gasteiger partial charge on any atom is -0.325 e. The fourth-order valence-electron chi connectivity index (χ4n) is 1.47. The lowest BCUT2D eigenvalue weighted by Gasteiger charge is -2.29. The molecule has 0 spiro atoms. The maximum atomic E-state index is 6.24. The molecule has 1 aromatic rings. The first-order valence-corrected chi connectivity index (χ1v) is 5.26. The van der Waals surface area contributed by atoms with Crippen molar-refractivity contribution in [3.63, 3.8) is 0 Å². The highest BCUT2D eigenvalue weighted by Gasteiger charge is 2.22. The van der Waals surface area contributed by atoms with Crippen LogP contribution in [0.4, 0.5) is 0 Å². The first-order chi connectivity index (χ1) is 6.42. The quantitative estimate of drug-likeness (QED) is 0.781. The maximum absolute atomic E-state index is 6.24. The molecule has 0 bridgehead atoms. The number of benzene rings is 1. The van der Waals surface area contributed by atoms with Gasteiger partial charge in [-0.1, -0.05) is 43.7 Å². The minimum atomic E-state index is -0.103. The summed E-state index contributed by atoms with van der Waals surface area (Å²) in [6.45, 7) is 8.60. The molecule has 14 heavy (non-hydrogen) atoms. The predicted octanol–water partition coefficient (Wildman–Crippen LogP) is 2.91. The van der Waals surface area contributed by atoms with E-state index in [1.165, 1.54) is 11.1 Å². The van der Waals surface area contributed by atoms with Crippen LogP contribution in [0.1, 0.15) is 31.9 Å². The summed E-state index contributed by atoms with van der Waals surface area (Å²) in [7, 11) is 0. The van der Waals surface area contributed by atoms with E-state index >= 15 is 0 Å². The minimum absolute atomic E-state index is 0.103. The Kier molecular flexibility index (Phi) is 3.33. The molecule has 0 saturated carbocycles. The Morgan fingerprint density at radius 3 is 2.50 bits per heavy atom. The Morgan fingerprint density at radius 2 is 2.00 bits per heavy atom. The second-order valence-corrected chi connectivity index (χ2v) is 4.83. The number of hydrogen-bond acceptors (Lipinski definition) is 1. The molecule has 0 heterocycles. The molecule has 0 aromatic heterocycles. The van der Waals surface area contributed by atoms with Crippen molar-refractivity contribution in [1.82, 2.24) is 0 Å². The Balaban J connectivity index is 2.78. The van der Waals surface area contributed by atoms with E-state index in [0.29, 0.717) is 5.92 Å². The standard InChI is InChI=1S/C13H21N/c1-10(2)13(4,14)9-12-7-5-6-11(3)8-12/h5-8,10H,9,14H2,1-4H3. The zero-order valence-electron chi connectivity index (χ0n) is 9.67. The van der Waals surface area contributed by atoms with E-state index in [9.17, 15) is 0 Å². The van der Waals surface area contributed by atoms with Crippen molar-refractivity contribution in [2.24, 2.45) is 11.7 Å². The summed E-state index contributed by atoms with van der Waals surface area (Å²) in [6, 6.07) is 8.59. The molecule has 0 fully saturated rings. The number of rotatable bonds is 3. The molecular weight excluding hydrogens is 170 g/mol. The topological polar surface area (TPSA) is 26.0 Å². The summed E-state index contributed by atoms with van der Waals surface area (Å²) in [6.07, 6.45) is 0.951. The number of nitrogens with two attached hydrogens (primary N) is 1. The van der Waals surface area contributed by atoms with Gasteiger partial charge >= 0.3 is 0 Å². The Labute approximate surface area is 87.3 Å². The molecule has 0 aliphatic heterocycles. The maximum Gasteiger partial charge on any atom is 0.0189 e. The first kappa shape index (κ1) is 11.3. The molecular formula is C13H21N. The predicted molar refractivity (Wildman–Crippen MR) is 62.3 cm³/mol. The zero-order chi connectivity index (χ0) is 10.8. The third-order valence-corrected chi connectivity index (χ3v) is 2.99. The van der Waals surface area contributed by atoms with Gasteiger partial charge < -0.3 is 5.73 Å². The van der Waals surface area contributed by atoms with Gasteiger partial charge in [-0.2, -0.15) is 0 Å². The summed E-state index contributed by atoms with van der Waals surface area (Å²) in [5.74, 6) is 0.503. The first-order valence-electron chi connectivity index (χ1n) is 5.26.